The monoisotopic (exact) mass is 1130 g/mol. The van der Waals surface area contributed by atoms with Gasteiger partial charge in [0.2, 0.25) is 47.3 Å². The molecule has 0 radical (unpaired) electrons. The van der Waals surface area contributed by atoms with Gasteiger partial charge in [-0.25, -0.2) is 0 Å². The topological polar surface area (TPSA) is 364 Å². The number of amides is 9. The summed E-state index contributed by atoms with van der Waals surface area (Å²) in [5, 5.41) is 50.2. The van der Waals surface area contributed by atoms with Crippen LogP contribution in [-0.2, 0) is 49.6 Å². The highest BCUT2D eigenvalue weighted by atomic mass is 33.1. The maximum atomic E-state index is 14.7. The summed E-state index contributed by atoms with van der Waals surface area (Å²) in [6, 6.07) is 4.71. The van der Waals surface area contributed by atoms with E-state index in [0.717, 1.165) is 26.5 Å². The maximum Gasteiger partial charge on any atom is 0.308 e. The van der Waals surface area contributed by atoms with Crippen LogP contribution in [0.5, 0.6) is 5.75 Å². The Morgan fingerprint density at radius 1 is 0.921 bits per heavy atom. The minimum Gasteiger partial charge on any atom is -0.508 e. The molecule has 0 bridgehead atoms. The summed E-state index contributed by atoms with van der Waals surface area (Å²) in [5.74, 6) is -6.28. The molecule has 0 spiro atoms. The highest BCUT2D eigenvalue weighted by Crippen LogP contribution is 2.30. The number of para-hydroxylation sites is 1. The molecule has 4 rings (SSSR count). The molecule has 1 aliphatic heterocycles. The molecule has 76 heavy (non-hydrogen) atoms. The number of H-pyrrole nitrogens is 1. The number of nitrogens with two attached hydrogens (primary N) is 1. The molecule has 416 valence electrons. The third-order valence-corrected chi connectivity index (χ3v) is 16.8. The van der Waals surface area contributed by atoms with Crippen LogP contribution in [0.3, 0.4) is 0 Å². The molecular formula is C48H67N11O13S4. The van der Waals surface area contributed by atoms with Crippen molar-refractivity contribution in [1.82, 2.24) is 41.8 Å². The minimum absolute atomic E-state index is 0.0000927. The third kappa shape index (κ3) is 19.3. The Morgan fingerprint density at radius 3 is 2.32 bits per heavy atom. The Morgan fingerprint density at radius 2 is 1.63 bits per heavy atom. The zero-order valence-corrected chi connectivity index (χ0v) is 45.7. The van der Waals surface area contributed by atoms with Crippen LogP contribution < -0.4 is 42.5 Å². The summed E-state index contributed by atoms with van der Waals surface area (Å²) in [6.07, 6.45) is -0.825. The number of likely N-dealkylation sites (N-methyl/N-ethyl adjacent to an activating group) is 1. The molecule has 1 fully saturated rings. The van der Waals surface area contributed by atoms with E-state index < -0.39 is 102 Å². The zero-order chi connectivity index (χ0) is 55.9. The van der Waals surface area contributed by atoms with E-state index in [2.05, 4.69) is 42.1 Å². The first-order valence-corrected chi connectivity index (χ1v) is 29.3. The number of hydrogen-bond donors (Lipinski definition) is 11. The van der Waals surface area contributed by atoms with Crippen molar-refractivity contribution in [1.29, 1.82) is 0 Å². The molecule has 0 aliphatic carbocycles. The van der Waals surface area contributed by atoms with Gasteiger partial charge in [0.05, 0.1) is 24.4 Å². The number of aliphatic hydroxyl groups is 2. The lowest BCUT2D eigenvalue weighted by molar-refractivity contribution is -0.136. The van der Waals surface area contributed by atoms with E-state index in [1.54, 1.807) is 36.4 Å². The molecule has 2 aromatic carbocycles. The average molecular weight is 1130 g/mol. The molecule has 3 aromatic rings. The standard InChI is InChI=1S/C48H67N11O13S4/c1-27(43(66)57-72)58(4)39(64)17-21-73-75-22-19-50-47(70)41(28(2)60)55-45(68)35-26-76-74-20-16-38(63)53-34(23-30-12-14-31(62)15-13-30)44(67)52-25-40(65)59(37-24-51-33-10-6-5-9-32(33)37)36(11-7-8-18-49)46(69)56-42(29(3)61)48(71)54-35/h5-6,9-10,12-15,24,27-29,34-36,41-42,51,60-62H,7-8,11,16-23,25-26,49H2,1-4H3,(H,50,70)(H,52,67)(H,53,63)(H,54,71)(H,55,68)(H,56,69)/t27-,28+,29+,34-,35-,36-,41-,42-/m0/s1. The number of aromatic nitrogens is 1. The Balaban J connectivity index is 1.59. The van der Waals surface area contributed by atoms with Crippen LogP contribution in [0.2, 0.25) is 0 Å². The number of phenols is 1. The van der Waals surface area contributed by atoms with Gasteiger partial charge in [0.15, 0.2) is 0 Å². The fraction of sp³-hybridized carbons (Fsp3) is 0.521. The lowest BCUT2D eigenvalue weighted by Gasteiger charge is -2.33. The number of benzene rings is 2. The summed E-state index contributed by atoms with van der Waals surface area (Å²) in [5.41, 5.74) is 7.29. The van der Waals surface area contributed by atoms with E-state index in [0.29, 0.717) is 40.8 Å². The van der Waals surface area contributed by atoms with Crippen molar-refractivity contribution >= 4 is 113 Å². The number of nitrogens with zero attached hydrogens (tertiary/aromatic N) is 3. The van der Waals surface area contributed by atoms with Crippen molar-refractivity contribution in [2.45, 2.75) is 108 Å². The number of nitroso groups, excluding NO2 is 1. The first kappa shape index (κ1) is 62.6. The van der Waals surface area contributed by atoms with Crippen LogP contribution in [0.4, 0.5) is 5.69 Å². The molecular weight excluding hydrogens is 1070 g/mol. The molecule has 12 N–H and O–H groups in total. The number of rotatable bonds is 21. The van der Waals surface area contributed by atoms with Gasteiger partial charge in [-0.1, -0.05) is 73.5 Å². The van der Waals surface area contributed by atoms with Gasteiger partial charge in [-0.15, -0.1) is 4.91 Å². The quantitative estimate of drug-likeness (QED) is 0.0395. The van der Waals surface area contributed by atoms with Crippen LogP contribution in [-0.4, -0.2) is 177 Å². The number of unbranched alkanes of at least 4 members (excludes halogenated alkanes) is 1. The molecule has 0 saturated carbocycles. The van der Waals surface area contributed by atoms with E-state index in [1.807, 2.05) is 0 Å². The van der Waals surface area contributed by atoms with Crippen LogP contribution in [0.25, 0.3) is 10.9 Å². The van der Waals surface area contributed by atoms with Gasteiger partial charge >= 0.3 is 5.91 Å². The van der Waals surface area contributed by atoms with Crippen molar-refractivity contribution in [3.63, 3.8) is 0 Å². The fourth-order valence-electron chi connectivity index (χ4n) is 7.58. The second-order valence-corrected chi connectivity index (χ2v) is 23.0. The van der Waals surface area contributed by atoms with Crippen molar-refractivity contribution in [2.24, 2.45) is 10.9 Å². The summed E-state index contributed by atoms with van der Waals surface area (Å²) < 4.78 is 0. The van der Waals surface area contributed by atoms with E-state index in [9.17, 15) is 63.4 Å². The third-order valence-electron chi connectivity index (χ3n) is 12.0. The van der Waals surface area contributed by atoms with E-state index in [-0.39, 0.29) is 67.6 Å². The number of carbonyl (C=O) groups excluding carboxylic acids is 9. The summed E-state index contributed by atoms with van der Waals surface area (Å²) >= 11 is 0. The molecule has 1 aliphatic rings. The normalized spacial score (nSPS) is 20.1. The Hall–Kier alpha value is -5.91. The van der Waals surface area contributed by atoms with Crippen LogP contribution in [0, 0.1) is 4.91 Å². The number of hydrogen-bond acceptors (Lipinski definition) is 18. The number of aromatic hydroxyl groups is 1. The minimum atomic E-state index is -1.72. The Kier molecular flexibility index (Phi) is 26.3. The van der Waals surface area contributed by atoms with E-state index in [4.69, 9.17) is 5.73 Å². The van der Waals surface area contributed by atoms with Gasteiger partial charge in [0.25, 0.3) is 0 Å². The number of nitrogens with one attached hydrogen (secondary N) is 7. The number of phenolic OH excluding ortho intramolecular Hbond substituents is 1. The van der Waals surface area contributed by atoms with Crippen LogP contribution >= 0.6 is 43.2 Å². The largest absolute Gasteiger partial charge is 0.508 e. The number of fused-ring (bicyclic) bond motifs is 1. The lowest BCUT2D eigenvalue weighted by Crippen LogP contribution is -2.62. The molecule has 1 saturated heterocycles. The number of carbonyl (C=O) groups is 9. The molecule has 9 amide bonds. The fourth-order valence-corrected chi connectivity index (χ4v) is 11.6. The van der Waals surface area contributed by atoms with Gasteiger partial charge < -0.3 is 62.8 Å². The number of aromatic amines is 1. The van der Waals surface area contributed by atoms with E-state index >= 15 is 0 Å². The second kappa shape index (κ2) is 32.0. The first-order valence-electron chi connectivity index (χ1n) is 24.4. The zero-order valence-electron chi connectivity index (χ0n) is 42.5. The number of anilines is 1. The van der Waals surface area contributed by atoms with Crippen molar-refractivity contribution in [3.05, 3.63) is 65.2 Å². The Labute approximate surface area is 455 Å². The Bertz CT molecular complexity index is 2490. The molecule has 8 atom stereocenters. The van der Waals surface area contributed by atoms with Crippen LogP contribution in [0.1, 0.15) is 58.4 Å². The van der Waals surface area contributed by atoms with Crippen LogP contribution in [0.15, 0.2) is 59.9 Å². The predicted octanol–water partition coefficient (Wildman–Crippen LogP) is 0.577. The average Bonchev–Trinajstić information content (AvgIpc) is 3.82. The second-order valence-electron chi connectivity index (χ2n) is 17.7. The van der Waals surface area contributed by atoms with Gasteiger partial charge in [-0.3, -0.25) is 48.1 Å². The number of aliphatic hydroxyl groups excluding tert-OH is 2. The van der Waals surface area contributed by atoms with Crippen molar-refractivity contribution in [3.8, 4) is 5.75 Å². The highest BCUT2D eigenvalue weighted by Gasteiger charge is 2.38. The molecule has 2 heterocycles. The molecule has 24 nitrogen and oxygen atoms in total. The highest BCUT2D eigenvalue weighted by molar-refractivity contribution is 8.77. The van der Waals surface area contributed by atoms with Gasteiger partial charge in [0.1, 0.15) is 42.0 Å². The lowest BCUT2D eigenvalue weighted by atomic mass is 10.0. The maximum absolute atomic E-state index is 14.7. The smallest absolute Gasteiger partial charge is 0.308 e. The van der Waals surface area contributed by atoms with Gasteiger partial charge in [-0.05, 0) is 70.3 Å². The van der Waals surface area contributed by atoms with Crippen molar-refractivity contribution in [2.75, 3.05) is 54.6 Å². The van der Waals surface area contributed by atoms with Crippen molar-refractivity contribution < 1.29 is 58.5 Å². The predicted molar refractivity (Wildman–Crippen MR) is 293 cm³/mol. The molecule has 0 unspecified atom stereocenters. The van der Waals surface area contributed by atoms with Gasteiger partial charge in [-0.2, -0.15) is 0 Å². The van der Waals surface area contributed by atoms with Gasteiger partial charge in [0, 0.05) is 78.1 Å². The summed E-state index contributed by atoms with van der Waals surface area (Å²) in [6.45, 7) is 3.58. The summed E-state index contributed by atoms with van der Waals surface area (Å²) in [4.78, 5) is 138. The molecule has 28 heteroatoms. The molecule has 1 aromatic heterocycles. The first-order chi connectivity index (χ1) is 36.3. The summed E-state index contributed by atoms with van der Waals surface area (Å²) in [7, 11) is 6.24. The SMILES string of the molecule is C[C@@H](O)[C@H](NC(=O)[C@@H]1CSSCCC(=O)N[C@@H](Cc2ccc(O)cc2)C(=O)NCC(=O)N(c2c[nH]c3ccccc23)[C@@H](CCCCN)C(=O)N[C@@H]([C@@H](C)O)C(=O)N1)C(=O)NCCSSCCC(=O)N(C)[C@@H](C)C(=O)N=O. The van der Waals surface area contributed by atoms with E-state index in [1.165, 1.54) is 72.6 Å².